The number of hydrogen-bond donors (Lipinski definition) is 4. The van der Waals surface area contributed by atoms with Crippen LogP contribution in [0.2, 0.25) is 0 Å². The molecule has 0 unspecified atom stereocenters. The number of imidazole rings is 2. The second kappa shape index (κ2) is 7.13. The van der Waals surface area contributed by atoms with Crippen molar-refractivity contribution in [3.8, 4) is 0 Å². The predicted octanol–water partition coefficient (Wildman–Crippen LogP) is 3.34. The second-order valence-corrected chi connectivity index (χ2v) is 6.52. The number of pyridine rings is 1. The molecule has 0 bridgehead atoms. The lowest BCUT2D eigenvalue weighted by Gasteiger charge is -2.04. The van der Waals surface area contributed by atoms with E-state index >= 15 is 0 Å². The predicted molar refractivity (Wildman–Crippen MR) is 112 cm³/mol. The van der Waals surface area contributed by atoms with E-state index in [-0.39, 0.29) is 11.4 Å². The Morgan fingerprint density at radius 3 is 1.53 bits per heavy atom. The van der Waals surface area contributed by atoms with Crippen molar-refractivity contribution in [3.63, 3.8) is 0 Å². The van der Waals surface area contributed by atoms with Crippen LogP contribution < -0.4 is 10.6 Å². The number of nitrogens with zero attached hydrogens (tertiary/aromatic N) is 3. The van der Waals surface area contributed by atoms with Gasteiger partial charge in [-0.15, -0.1) is 0 Å². The summed E-state index contributed by atoms with van der Waals surface area (Å²) in [5, 5.41) is 5.33. The van der Waals surface area contributed by atoms with E-state index < -0.39 is 11.8 Å². The summed E-state index contributed by atoms with van der Waals surface area (Å²) in [6.45, 7) is 0. The lowest BCUT2D eigenvalue weighted by molar-refractivity contribution is 0.101. The minimum Gasteiger partial charge on any atom is -0.324 e. The van der Waals surface area contributed by atoms with E-state index in [1.807, 2.05) is 48.5 Å². The van der Waals surface area contributed by atoms with Crippen LogP contribution in [0.4, 0.5) is 11.9 Å². The largest absolute Gasteiger partial charge is 0.324 e. The molecule has 146 valence electrons. The van der Waals surface area contributed by atoms with Crippen molar-refractivity contribution in [2.75, 3.05) is 10.6 Å². The molecule has 30 heavy (non-hydrogen) atoms. The Kier molecular flexibility index (Phi) is 4.18. The van der Waals surface area contributed by atoms with Crippen molar-refractivity contribution >= 4 is 45.8 Å². The molecule has 5 rings (SSSR count). The number of nitrogens with one attached hydrogen (secondary N) is 4. The van der Waals surface area contributed by atoms with Crippen LogP contribution >= 0.6 is 0 Å². The molecule has 0 atom stereocenters. The smallest absolute Gasteiger partial charge is 0.276 e. The summed E-state index contributed by atoms with van der Waals surface area (Å²) in [5.74, 6) is -0.347. The summed E-state index contributed by atoms with van der Waals surface area (Å²) in [7, 11) is 0. The Balaban J connectivity index is 1.33. The number of carbonyl (C=O) groups excluding carboxylic acids is 2. The summed E-state index contributed by atoms with van der Waals surface area (Å²) >= 11 is 0. The number of aromatic amines is 2. The lowest BCUT2D eigenvalue weighted by Crippen LogP contribution is -2.19. The molecule has 2 amide bonds. The van der Waals surface area contributed by atoms with Crippen molar-refractivity contribution in [2.24, 2.45) is 0 Å². The van der Waals surface area contributed by atoms with E-state index in [1.54, 1.807) is 6.07 Å². The lowest BCUT2D eigenvalue weighted by atomic mass is 10.3. The Bertz CT molecular complexity index is 1230. The van der Waals surface area contributed by atoms with E-state index in [9.17, 15) is 9.59 Å². The van der Waals surface area contributed by atoms with Crippen molar-refractivity contribution < 1.29 is 9.59 Å². The summed E-state index contributed by atoms with van der Waals surface area (Å²) in [6.07, 6.45) is 0. The van der Waals surface area contributed by atoms with Gasteiger partial charge in [-0.3, -0.25) is 20.2 Å². The Morgan fingerprint density at radius 2 is 1.07 bits per heavy atom. The Hall–Kier alpha value is -4.53. The van der Waals surface area contributed by atoms with E-state index in [0.717, 1.165) is 22.1 Å². The zero-order valence-electron chi connectivity index (χ0n) is 15.5. The van der Waals surface area contributed by atoms with Gasteiger partial charge in [0.15, 0.2) is 0 Å². The van der Waals surface area contributed by atoms with Crippen molar-refractivity contribution in [1.82, 2.24) is 24.9 Å². The minimum atomic E-state index is -0.479. The summed E-state index contributed by atoms with van der Waals surface area (Å²) in [6, 6.07) is 19.5. The molecular formula is C21H15N7O2. The molecule has 9 nitrogen and oxygen atoms in total. The number of anilines is 2. The molecule has 0 saturated carbocycles. The van der Waals surface area contributed by atoms with Crippen LogP contribution in [0.5, 0.6) is 0 Å². The summed E-state index contributed by atoms with van der Waals surface area (Å²) < 4.78 is 0. The summed E-state index contributed by atoms with van der Waals surface area (Å²) in [5.41, 5.74) is 3.26. The van der Waals surface area contributed by atoms with Gasteiger partial charge in [0.2, 0.25) is 11.9 Å². The molecular weight excluding hydrogens is 382 g/mol. The van der Waals surface area contributed by atoms with Crippen LogP contribution in [0.15, 0.2) is 66.7 Å². The van der Waals surface area contributed by atoms with Crippen molar-refractivity contribution in [2.45, 2.75) is 0 Å². The first-order valence-corrected chi connectivity index (χ1v) is 9.15. The number of aromatic nitrogens is 5. The maximum atomic E-state index is 12.6. The summed E-state index contributed by atoms with van der Waals surface area (Å²) in [4.78, 5) is 43.9. The van der Waals surface area contributed by atoms with Crippen LogP contribution in [-0.4, -0.2) is 36.7 Å². The van der Waals surface area contributed by atoms with Crippen LogP contribution in [0.1, 0.15) is 21.0 Å². The van der Waals surface area contributed by atoms with Gasteiger partial charge in [0.25, 0.3) is 11.8 Å². The average Bonchev–Trinajstić information content (AvgIpc) is 3.36. The van der Waals surface area contributed by atoms with Crippen LogP contribution in [-0.2, 0) is 0 Å². The monoisotopic (exact) mass is 397 g/mol. The zero-order chi connectivity index (χ0) is 20.5. The van der Waals surface area contributed by atoms with Crippen molar-refractivity contribution in [3.05, 3.63) is 78.1 Å². The molecule has 4 N–H and O–H groups in total. The van der Waals surface area contributed by atoms with Gasteiger partial charge >= 0.3 is 0 Å². The number of benzene rings is 2. The first-order valence-electron chi connectivity index (χ1n) is 9.15. The van der Waals surface area contributed by atoms with Gasteiger partial charge < -0.3 is 9.97 Å². The highest BCUT2D eigenvalue weighted by molar-refractivity contribution is 6.05. The third-order valence-electron chi connectivity index (χ3n) is 4.46. The maximum Gasteiger partial charge on any atom is 0.276 e. The van der Waals surface area contributed by atoms with Gasteiger partial charge in [0, 0.05) is 0 Å². The topological polar surface area (TPSA) is 128 Å². The number of fused-ring (bicyclic) bond motifs is 2. The number of hydrogen-bond acceptors (Lipinski definition) is 5. The van der Waals surface area contributed by atoms with Gasteiger partial charge in [0.05, 0.1) is 22.1 Å². The fraction of sp³-hybridized carbons (Fsp3) is 0. The molecule has 0 saturated heterocycles. The van der Waals surface area contributed by atoms with Gasteiger partial charge in [-0.05, 0) is 36.4 Å². The number of para-hydroxylation sites is 4. The van der Waals surface area contributed by atoms with E-state index in [2.05, 4.69) is 35.6 Å². The Morgan fingerprint density at radius 1 is 0.600 bits per heavy atom. The normalized spacial score (nSPS) is 10.9. The van der Waals surface area contributed by atoms with E-state index in [0.29, 0.717) is 11.9 Å². The van der Waals surface area contributed by atoms with Gasteiger partial charge in [-0.25, -0.2) is 15.0 Å². The van der Waals surface area contributed by atoms with Gasteiger partial charge in [-0.1, -0.05) is 30.3 Å². The molecule has 3 heterocycles. The maximum absolute atomic E-state index is 12.6. The zero-order valence-corrected chi connectivity index (χ0v) is 15.5. The number of carbonyl (C=O) groups is 2. The van der Waals surface area contributed by atoms with E-state index in [1.165, 1.54) is 12.1 Å². The number of rotatable bonds is 4. The molecule has 0 aliphatic heterocycles. The third-order valence-corrected chi connectivity index (χ3v) is 4.46. The number of H-pyrrole nitrogens is 2. The van der Waals surface area contributed by atoms with Crippen LogP contribution in [0.25, 0.3) is 22.1 Å². The van der Waals surface area contributed by atoms with Crippen molar-refractivity contribution in [1.29, 1.82) is 0 Å². The molecule has 0 radical (unpaired) electrons. The first-order chi connectivity index (χ1) is 14.7. The molecule has 9 heteroatoms. The molecule has 2 aromatic carbocycles. The second-order valence-electron chi connectivity index (χ2n) is 6.52. The molecule has 0 spiro atoms. The van der Waals surface area contributed by atoms with Crippen LogP contribution in [0, 0.1) is 0 Å². The van der Waals surface area contributed by atoms with Crippen LogP contribution in [0.3, 0.4) is 0 Å². The molecule has 0 aliphatic carbocycles. The fourth-order valence-corrected chi connectivity index (χ4v) is 3.05. The molecule has 3 aromatic heterocycles. The van der Waals surface area contributed by atoms with Gasteiger partial charge in [0.1, 0.15) is 11.4 Å². The number of amides is 2. The first kappa shape index (κ1) is 17.6. The Labute approximate surface area is 169 Å². The molecule has 0 aliphatic rings. The third kappa shape index (κ3) is 3.35. The minimum absolute atomic E-state index is 0.0905. The SMILES string of the molecule is O=C(Nc1nc2ccccc2[nH]1)c1cccc(C(=O)Nc2nc3ccccc3[nH]2)n1. The molecule has 5 aromatic rings. The van der Waals surface area contributed by atoms with E-state index in [4.69, 9.17) is 0 Å². The fourth-order valence-electron chi connectivity index (χ4n) is 3.05. The standard InChI is InChI=1S/C21H15N7O2/c29-18(27-20-23-12-6-1-2-7-13(12)24-20)16-10-5-11-17(22-16)19(30)28-21-25-14-8-3-4-9-15(14)26-21/h1-11H,(H2,23,24,27,29)(H2,25,26,28,30). The average molecular weight is 397 g/mol. The highest BCUT2D eigenvalue weighted by Crippen LogP contribution is 2.15. The highest BCUT2D eigenvalue weighted by atomic mass is 16.2. The highest BCUT2D eigenvalue weighted by Gasteiger charge is 2.15. The molecule has 0 fully saturated rings. The quantitative estimate of drug-likeness (QED) is 0.370. The van der Waals surface area contributed by atoms with Gasteiger partial charge in [-0.2, -0.15) is 0 Å².